The molecule has 14 heavy (non-hydrogen) atoms. The molecule has 0 aliphatic heterocycles. The van der Waals surface area contributed by atoms with Crippen LogP contribution in [-0.4, -0.2) is 14.6 Å². The lowest BCUT2D eigenvalue weighted by molar-refractivity contribution is 0.458. The molecule has 0 bridgehead atoms. The molecule has 2 atom stereocenters. The van der Waals surface area contributed by atoms with Crippen molar-refractivity contribution >= 4 is 15.9 Å². The molecule has 2 unspecified atom stereocenters. The van der Waals surface area contributed by atoms with E-state index in [1.54, 1.807) is 0 Å². The molecular weight excluding hydrogens is 240 g/mol. The minimum atomic E-state index is 0.714. The molecule has 78 valence electrons. The average Bonchev–Trinajstić information content (AvgIpc) is 2.66. The van der Waals surface area contributed by atoms with Gasteiger partial charge in [-0.25, -0.2) is 0 Å². The van der Waals surface area contributed by atoms with Crippen LogP contribution in [0.5, 0.6) is 0 Å². The first-order valence-corrected chi connectivity index (χ1v) is 6.37. The van der Waals surface area contributed by atoms with Crippen LogP contribution in [0.2, 0.25) is 0 Å². The first-order chi connectivity index (χ1) is 6.79. The smallest absolute Gasteiger partial charge is 0.0524 e. The number of halogens is 1. The van der Waals surface area contributed by atoms with E-state index in [1.807, 2.05) is 10.9 Å². The second kappa shape index (κ2) is 4.47. The number of aromatic nitrogens is 2. The van der Waals surface area contributed by atoms with Crippen LogP contribution >= 0.6 is 15.9 Å². The Morgan fingerprint density at radius 2 is 2.43 bits per heavy atom. The predicted molar refractivity (Wildman–Crippen MR) is 61.8 cm³/mol. The summed E-state index contributed by atoms with van der Waals surface area (Å²) in [6.45, 7) is 3.11. The fourth-order valence-corrected chi connectivity index (χ4v) is 2.97. The van der Waals surface area contributed by atoms with Gasteiger partial charge in [0.15, 0.2) is 0 Å². The van der Waals surface area contributed by atoms with Crippen molar-refractivity contribution in [2.24, 2.45) is 0 Å². The summed E-state index contributed by atoms with van der Waals surface area (Å²) in [5.74, 6) is 0.730. The summed E-state index contributed by atoms with van der Waals surface area (Å²) in [7, 11) is 0. The Morgan fingerprint density at radius 3 is 3.07 bits per heavy atom. The van der Waals surface area contributed by atoms with E-state index in [0.717, 1.165) is 12.5 Å². The maximum Gasteiger partial charge on any atom is 0.0524 e. The van der Waals surface area contributed by atoms with E-state index < -0.39 is 0 Å². The molecular formula is C11H17BrN2. The van der Waals surface area contributed by atoms with Crippen LogP contribution in [0.4, 0.5) is 0 Å². The molecule has 3 heteroatoms. The maximum atomic E-state index is 4.34. The molecule has 2 nitrogen and oxygen atoms in total. The van der Waals surface area contributed by atoms with Gasteiger partial charge in [-0.05, 0) is 37.7 Å². The van der Waals surface area contributed by atoms with Gasteiger partial charge in [0.25, 0.3) is 0 Å². The summed E-state index contributed by atoms with van der Waals surface area (Å²) in [6.07, 6.45) is 9.53. The Bertz CT molecular complexity index is 295. The number of aryl methyl sites for hydroxylation is 1. The van der Waals surface area contributed by atoms with Crippen molar-refractivity contribution in [2.75, 3.05) is 0 Å². The third-order valence-corrected chi connectivity index (χ3v) is 3.89. The zero-order valence-corrected chi connectivity index (χ0v) is 10.2. The fourth-order valence-electron chi connectivity index (χ4n) is 2.20. The SMILES string of the molecule is CCn1cc(C2CCCC(Br)C2)cn1. The van der Waals surface area contributed by atoms with Gasteiger partial charge in [-0.3, -0.25) is 4.68 Å². The molecule has 1 aromatic rings. The van der Waals surface area contributed by atoms with E-state index >= 15 is 0 Å². The monoisotopic (exact) mass is 256 g/mol. The molecule has 1 fully saturated rings. The third kappa shape index (κ3) is 2.19. The zero-order chi connectivity index (χ0) is 9.97. The average molecular weight is 257 g/mol. The lowest BCUT2D eigenvalue weighted by Gasteiger charge is -2.24. The van der Waals surface area contributed by atoms with E-state index in [4.69, 9.17) is 0 Å². The molecule has 1 aliphatic rings. The van der Waals surface area contributed by atoms with Crippen LogP contribution in [0.15, 0.2) is 12.4 Å². The van der Waals surface area contributed by atoms with Crippen molar-refractivity contribution in [3.05, 3.63) is 18.0 Å². The van der Waals surface area contributed by atoms with Gasteiger partial charge in [-0.2, -0.15) is 5.10 Å². The van der Waals surface area contributed by atoms with Gasteiger partial charge in [0.2, 0.25) is 0 Å². The van der Waals surface area contributed by atoms with Crippen LogP contribution in [0.3, 0.4) is 0 Å². The Hall–Kier alpha value is -0.310. The van der Waals surface area contributed by atoms with E-state index in [1.165, 1.54) is 31.2 Å². The molecule has 1 aliphatic carbocycles. The summed E-state index contributed by atoms with van der Waals surface area (Å²) >= 11 is 3.72. The number of nitrogens with zero attached hydrogens (tertiary/aromatic N) is 2. The largest absolute Gasteiger partial charge is 0.273 e. The van der Waals surface area contributed by atoms with Crippen LogP contribution < -0.4 is 0 Å². The molecule has 0 amide bonds. The lowest BCUT2D eigenvalue weighted by atomic mass is 9.85. The molecule has 1 heterocycles. The van der Waals surface area contributed by atoms with E-state index in [-0.39, 0.29) is 0 Å². The fraction of sp³-hybridized carbons (Fsp3) is 0.727. The molecule has 0 radical (unpaired) electrons. The first-order valence-electron chi connectivity index (χ1n) is 5.46. The van der Waals surface area contributed by atoms with Gasteiger partial charge in [0.1, 0.15) is 0 Å². The van der Waals surface area contributed by atoms with Gasteiger partial charge in [-0.15, -0.1) is 0 Å². The van der Waals surface area contributed by atoms with E-state index in [0.29, 0.717) is 4.83 Å². The molecule has 0 aromatic carbocycles. The van der Waals surface area contributed by atoms with Crippen molar-refractivity contribution in [3.63, 3.8) is 0 Å². The molecule has 1 saturated carbocycles. The van der Waals surface area contributed by atoms with Crippen LogP contribution in [0.1, 0.15) is 44.1 Å². The first kappa shape index (κ1) is 10.2. The normalized spacial score (nSPS) is 27.9. The van der Waals surface area contributed by atoms with Crippen molar-refractivity contribution in [3.8, 4) is 0 Å². The third-order valence-electron chi connectivity index (χ3n) is 3.06. The highest BCUT2D eigenvalue weighted by atomic mass is 79.9. The summed E-state index contributed by atoms with van der Waals surface area (Å²) in [6, 6.07) is 0. The highest BCUT2D eigenvalue weighted by Gasteiger charge is 2.22. The number of hydrogen-bond donors (Lipinski definition) is 0. The summed E-state index contributed by atoms with van der Waals surface area (Å²) in [5.41, 5.74) is 1.43. The lowest BCUT2D eigenvalue weighted by Crippen LogP contribution is -2.13. The summed E-state index contributed by atoms with van der Waals surface area (Å²) < 4.78 is 2.02. The minimum Gasteiger partial charge on any atom is -0.273 e. The minimum absolute atomic E-state index is 0.714. The van der Waals surface area contributed by atoms with Gasteiger partial charge < -0.3 is 0 Å². The molecule has 0 saturated heterocycles. The zero-order valence-electron chi connectivity index (χ0n) is 8.62. The second-order valence-electron chi connectivity index (χ2n) is 4.09. The Balaban J connectivity index is 2.06. The predicted octanol–water partition coefficient (Wildman–Crippen LogP) is 3.32. The van der Waals surface area contributed by atoms with Gasteiger partial charge in [-0.1, -0.05) is 22.4 Å². The van der Waals surface area contributed by atoms with E-state index in [2.05, 4.69) is 34.1 Å². The highest BCUT2D eigenvalue weighted by molar-refractivity contribution is 9.09. The van der Waals surface area contributed by atoms with Crippen LogP contribution in [0.25, 0.3) is 0 Å². The molecule has 0 spiro atoms. The highest BCUT2D eigenvalue weighted by Crippen LogP contribution is 2.35. The van der Waals surface area contributed by atoms with Crippen LogP contribution in [0, 0.1) is 0 Å². The van der Waals surface area contributed by atoms with Crippen molar-refractivity contribution < 1.29 is 0 Å². The topological polar surface area (TPSA) is 17.8 Å². The van der Waals surface area contributed by atoms with Crippen molar-refractivity contribution in [2.45, 2.75) is 49.9 Å². The number of hydrogen-bond acceptors (Lipinski definition) is 1. The van der Waals surface area contributed by atoms with Crippen LogP contribution in [-0.2, 0) is 6.54 Å². The molecule has 2 rings (SSSR count). The second-order valence-corrected chi connectivity index (χ2v) is 5.39. The van der Waals surface area contributed by atoms with Gasteiger partial charge in [0.05, 0.1) is 6.20 Å². The Kier molecular flexibility index (Phi) is 3.26. The van der Waals surface area contributed by atoms with Crippen molar-refractivity contribution in [1.82, 2.24) is 9.78 Å². The standard InChI is InChI=1S/C11H17BrN2/c1-2-14-8-10(7-13-14)9-4-3-5-11(12)6-9/h7-9,11H,2-6H2,1H3. The molecule has 0 N–H and O–H groups in total. The summed E-state index contributed by atoms with van der Waals surface area (Å²) in [5, 5.41) is 4.34. The maximum absolute atomic E-state index is 4.34. The quantitative estimate of drug-likeness (QED) is 0.743. The summed E-state index contributed by atoms with van der Waals surface area (Å²) in [4.78, 5) is 0.714. The van der Waals surface area contributed by atoms with Crippen molar-refractivity contribution in [1.29, 1.82) is 0 Å². The van der Waals surface area contributed by atoms with E-state index in [9.17, 15) is 0 Å². The Labute approximate surface area is 93.8 Å². The molecule has 1 aromatic heterocycles. The van der Waals surface area contributed by atoms with Gasteiger partial charge in [0, 0.05) is 17.6 Å². The number of rotatable bonds is 2. The Morgan fingerprint density at radius 1 is 1.57 bits per heavy atom. The number of alkyl halides is 1. The van der Waals surface area contributed by atoms with Gasteiger partial charge >= 0.3 is 0 Å².